The number of hydrogen-bond acceptors (Lipinski definition) is 5. The monoisotopic (exact) mass is 355 g/mol. The molecule has 0 amide bonds. The molecule has 1 aliphatic rings. The number of nitrogens with one attached hydrogen (secondary N) is 1. The standard InChI is InChI=1S/C15H21N3O3S2/c1-9-6-4-5-7-12(9)17-23(20,21)13-11(3)16-15-18(14(13)19)10(2)8-22-15/h8-9,12,17H,4-7H2,1-3H3/t9-,12+/m0/s1. The molecule has 6 nitrogen and oxygen atoms in total. The summed E-state index contributed by atoms with van der Waals surface area (Å²) in [6.07, 6.45) is 3.96. The molecular formula is C15H21N3O3S2. The zero-order valence-electron chi connectivity index (χ0n) is 13.5. The van der Waals surface area contributed by atoms with Crippen LogP contribution in [0.2, 0.25) is 0 Å². The molecule has 2 aromatic heterocycles. The molecular weight excluding hydrogens is 334 g/mol. The van der Waals surface area contributed by atoms with Crippen LogP contribution in [0.25, 0.3) is 4.96 Å². The summed E-state index contributed by atoms with van der Waals surface area (Å²) >= 11 is 1.33. The summed E-state index contributed by atoms with van der Waals surface area (Å²) in [7, 11) is -3.88. The van der Waals surface area contributed by atoms with Crippen LogP contribution < -0.4 is 10.3 Å². The Kier molecular flexibility index (Phi) is 4.33. The Balaban J connectivity index is 2.07. The average Bonchev–Trinajstić information content (AvgIpc) is 2.82. The second-order valence-corrected chi connectivity index (χ2v) is 8.80. The molecule has 1 fully saturated rings. The first-order valence-corrected chi connectivity index (χ1v) is 10.2. The second kappa shape index (κ2) is 5.99. The van der Waals surface area contributed by atoms with Gasteiger partial charge in [0.2, 0.25) is 10.0 Å². The van der Waals surface area contributed by atoms with E-state index in [4.69, 9.17) is 0 Å². The van der Waals surface area contributed by atoms with Crippen molar-refractivity contribution in [2.45, 2.75) is 57.4 Å². The predicted molar refractivity (Wildman–Crippen MR) is 90.6 cm³/mol. The van der Waals surface area contributed by atoms with Crippen molar-refractivity contribution in [1.82, 2.24) is 14.1 Å². The SMILES string of the molecule is Cc1nc2scc(C)n2c(=O)c1S(=O)(=O)N[C@@H]1CCCC[C@@H]1C. The van der Waals surface area contributed by atoms with Crippen LogP contribution in [0.4, 0.5) is 0 Å². The molecule has 3 rings (SSSR count). The molecule has 0 saturated heterocycles. The third-order valence-electron chi connectivity index (χ3n) is 4.55. The van der Waals surface area contributed by atoms with Crippen molar-refractivity contribution in [2.75, 3.05) is 0 Å². The number of nitrogens with zero attached hydrogens (tertiary/aromatic N) is 2. The zero-order chi connectivity index (χ0) is 16.8. The number of rotatable bonds is 3. The lowest BCUT2D eigenvalue weighted by molar-refractivity contribution is 0.310. The molecule has 2 atom stereocenters. The van der Waals surface area contributed by atoms with Gasteiger partial charge in [-0.3, -0.25) is 9.20 Å². The van der Waals surface area contributed by atoms with Crippen LogP contribution in [0.1, 0.15) is 44.0 Å². The van der Waals surface area contributed by atoms with Gasteiger partial charge >= 0.3 is 0 Å². The summed E-state index contributed by atoms with van der Waals surface area (Å²) in [6, 6.07) is -0.114. The van der Waals surface area contributed by atoms with Crippen molar-refractivity contribution >= 4 is 26.3 Å². The van der Waals surface area contributed by atoms with Gasteiger partial charge in [-0.25, -0.2) is 18.1 Å². The summed E-state index contributed by atoms with van der Waals surface area (Å²) in [4.78, 5) is 17.3. The summed E-state index contributed by atoms with van der Waals surface area (Å²) in [5, 5.41) is 1.80. The van der Waals surface area contributed by atoms with Gasteiger partial charge in [0, 0.05) is 17.1 Å². The maximum Gasteiger partial charge on any atom is 0.279 e. The van der Waals surface area contributed by atoms with Crippen LogP contribution in [0.3, 0.4) is 0 Å². The molecule has 2 heterocycles. The van der Waals surface area contributed by atoms with Crippen LogP contribution in [0, 0.1) is 19.8 Å². The number of hydrogen-bond donors (Lipinski definition) is 1. The first-order chi connectivity index (χ1) is 10.8. The van der Waals surface area contributed by atoms with E-state index in [0.29, 0.717) is 10.7 Å². The Morgan fingerprint density at radius 2 is 2.00 bits per heavy atom. The largest absolute Gasteiger partial charge is 0.279 e. The fraction of sp³-hybridized carbons (Fsp3) is 0.600. The quantitative estimate of drug-likeness (QED) is 0.915. The van der Waals surface area contributed by atoms with E-state index in [2.05, 4.69) is 16.6 Å². The van der Waals surface area contributed by atoms with Gasteiger partial charge in [-0.1, -0.05) is 19.8 Å². The van der Waals surface area contributed by atoms with Gasteiger partial charge in [0.25, 0.3) is 5.56 Å². The molecule has 0 unspecified atom stereocenters. The molecule has 1 saturated carbocycles. The van der Waals surface area contributed by atoms with Gasteiger partial charge < -0.3 is 0 Å². The maximum absolute atomic E-state index is 12.8. The summed E-state index contributed by atoms with van der Waals surface area (Å²) in [6.45, 7) is 5.40. The molecule has 0 spiro atoms. The van der Waals surface area contributed by atoms with E-state index in [1.807, 2.05) is 0 Å². The number of aromatic nitrogens is 2. The van der Waals surface area contributed by atoms with E-state index in [9.17, 15) is 13.2 Å². The molecule has 0 radical (unpaired) electrons. The predicted octanol–water partition coefficient (Wildman–Crippen LogP) is 2.23. The lowest BCUT2D eigenvalue weighted by atomic mass is 9.87. The summed E-state index contributed by atoms with van der Waals surface area (Å²) in [5.74, 6) is 0.279. The van der Waals surface area contributed by atoms with E-state index in [0.717, 1.165) is 25.7 Å². The van der Waals surface area contributed by atoms with Crippen molar-refractivity contribution in [1.29, 1.82) is 0 Å². The van der Waals surface area contributed by atoms with E-state index >= 15 is 0 Å². The van der Waals surface area contributed by atoms with Crippen molar-refractivity contribution in [3.05, 3.63) is 27.1 Å². The Morgan fingerprint density at radius 3 is 2.70 bits per heavy atom. The van der Waals surface area contributed by atoms with E-state index in [1.54, 1.807) is 19.2 Å². The Hall–Kier alpha value is -1.25. The minimum atomic E-state index is -3.88. The fourth-order valence-electron chi connectivity index (χ4n) is 3.23. The number of sulfonamides is 1. The van der Waals surface area contributed by atoms with Gasteiger partial charge in [0.15, 0.2) is 9.86 Å². The third kappa shape index (κ3) is 2.95. The molecule has 0 bridgehead atoms. The topological polar surface area (TPSA) is 80.5 Å². The van der Waals surface area contributed by atoms with Gasteiger partial charge in [0.05, 0.1) is 5.69 Å². The fourth-order valence-corrected chi connectivity index (χ4v) is 5.75. The Bertz CT molecular complexity index is 899. The van der Waals surface area contributed by atoms with Crippen LogP contribution in [-0.2, 0) is 10.0 Å². The highest BCUT2D eigenvalue weighted by atomic mass is 32.2. The number of fused-ring (bicyclic) bond motifs is 1. The third-order valence-corrected chi connectivity index (χ3v) is 7.12. The lowest BCUT2D eigenvalue weighted by Gasteiger charge is -2.29. The van der Waals surface area contributed by atoms with Gasteiger partial charge in [-0.05, 0) is 32.6 Å². The second-order valence-electron chi connectivity index (χ2n) is 6.32. The molecule has 1 aliphatic carbocycles. The minimum absolute atomic E-state index is 0.114. The van der Waals surface area contributed by atoms with Crippen molar-refractivity contribution in [3.63, 3.8) is 0 Å². The smallest absolute Gasteiger partial charge is 0.267 e. The van der Waals surface area contributed by atoms with Crippen LogP contribution in [0.5, 0.6) is 0 Å². The van der Waals surface area contributed by atoms with Crippen LogP contribution >= 0.6 is 11.3 Å². The normalized spacial score (nSPS) is 22.6. The maximum atomic E-state index is 12.8. The highest BCUT2D eigenvalue weighted by Crippen LogP contribution is 2.25. The molecule has 2 aromatic rings. The van der Waals surface area contributed by atoms with Crippen molar-refractivity contribution in [3.8, 4) is 0 Å². The number of thiazole rings is 1. The molecule has 1 N–H and O–H groups in total. The Labute approximate surface area is 139 Å². The Morgan fingerprint density at radius 1 is 1.30 bits per heavy atom. The average molecular weight is 355 g/mol. The highest BCUT2D eigenvalue weighted by molar-refractivity contribution is 7.89. The first-order valence-electron chi connectivity index (χ1n) is 7.81. The van der Waals surface area contributed by atoms with Gasteiger partial charge in [0.1, 0.15) is 0 Å². The summed E-state index contributed by atoms with van der Waals surface area (Å²) in [5.41, 5.74) is 0.444. The van der Waals surface area contributed by atoms with Gasteiger partial charge in [-0.2, -0.15) is 0 Å². The van der Waals surface area contributed by atoms with E-state index in [-0.39, 0.29) is 22.5 Å². The van der Waals surface area contributed by atoms with Crippen molar-refractivity contribution in [2.24, 2.45) is 5.92 Å². The first kappa shape index (κ1) is 16.6. The molecule has 0 aliphatic heterocycles. The lowest BCUT2D eigenvalue weighted by Crippen LogP contribution is -2.43. The minimum Gasteiger partial charge on any atom is -0.267 e. The van der Waals surface area contributed by atoms with Crippen LogP contribution in [-0.4, -0.2) is 23.8 Å². The van der Waals surface area contributed by atoms with Crippen molar-refractivity contribution < 1.29 is 8.42 Å². The highest BCUT2D eigenvalue weighted by Gasteiger charge is 2.30. The van der Waals surface area contributed by atoms with Gasteiger partial charge in [-0.15, -0.1) is 11.3 Å². The van der Waals surface area contributed by atoms with E-state index in [1.165, 1.54) is 15.7 Å². The molecule has 8 heteroatoms. The number of aryl methyl sites for hydroxylation is 2. The summed E-state index contributed by atoms with van der Waals surface area (Å²) < 4.78 is 29.7. The molecule has 23 heavy (non-hydrogen) atoms. The zero-order valence-corrected chi connectivity index (χ0v) is 15.1. The molecule has 126 valence electrons. The molecule has 0 aromatic carbocycles. The van der Waals surface area contributed by atoms with Crippen LogP contribution in [0.15, 0.2) is 15.1 Å². The van der Waals surface area contributed by atoms with E-state index < -0.39 is 15.6 Å².